The predicted octanol–water partition coefficient (Wildman–Crippen LogP) is 2.39. The van der Waals surface area contributed by atoms with E-state index in [1.165, 1.54) is 30.3 Å². The van der Waals surface area contributed by atoms with Crippen LogP contribution in [0.4, 0.5) is 5.69 Å². The van der Waals surface area contributed by atoms with Crippen molar-refractivity contribution < 1.29 is 19.2 Å². The van der Waals surface area contributed by atoms with Crippen LogP contribution in [0.3, 0.4) is 0 Å². The van der Waals surface area contributed by atoms with Crippen molar-refractivity contribution in [1.82, 2.24) is 0 Å². The molecule has 0 N–H and O–H groups in total. The Morgan fingerprint density at radius 3 is 2.68 bits per heavy atom. The van der Waals surface area contributed by atoms with E-state index >= 15 is 0 Å². The maximum Gasteiger partial charge on any atom is 0.350 e. The van der Waals surface area contributed by atoms with Crippen LogP contribution in [0.1, 0.15) is 29.6 Å². The molecule has 19 heavy (non-hydrogen) atoms. The van der Waals surface area contributed by atoms with Gasteiger partial charge in [0.05, 0.1) is 4.92 Å². The number of carbonyl (C=O) groups excluding carboxylic acids is 2. The first-order valence-electron chi connectivity index (χ1n) is 5.77. The lowest BCUT2D eigenvalue weighted by molar-refractivity contribution is -0.385. The highest BCUT2D eigenvalue weighted by atomic mass is 16.6. The van der Waals surface area contributed by atoms with Gasteiger partial charge in [0.25, 0.3) is 5.69 Å². The minimum Gasteiger partial charge on any atom is -0.427 e. The summed E-state index contributed by atoms with van der Waals surface area (Å²) >= 11 is 0. The van der Waals surface area contributed by atoms with E-state index in [9.17, 15) is 19.7 Å². The van der Waals surface area contributed by atoms with Gasteiger partial charge >= 0.3 is 5.97 Å². The number of nitro groups is 1. The largest absolute Gasteiger partial charge is 0.427 e. The van der Waals surface area contributed by atoms with E-state index in [4.69, 9.17) is 4.74 Å². The molecular formula is C13H11NO5. The minimum atomic E-state index is -0.812. The number of carbonyl (C=O) groups is 2. The van der Waals surface area contributed by atoms with Gasteiger partial charge in [0.15, 0.2) is 5.78 Å². The number of hydrogen-bond donors (Lipinski definition) is 0. The van der Waals surface area contributed by atoms with Crippen molar-refractivity contribution in [3.8, 4) is 0 Å². The summed E-state index contributed by atoms with van der Waals surface area (Å²) in [5.41, 5.74) is -0.429. The van der Waals surface area contributed by atoms with Crippen molar-refractivity contribution in [3.63, 3.8) is 0 Å². The highest BCUT2D eigenvalue weighted by Gasteiger charge is 2.22. The number of allylic oxidation sites excluding steroid dienone is 2. The average Bonchev–Trinajstić information content (AvgIpc) is 2.38. The smallest absolute Gasteiger partial charge is 0.350 e. The van der Waals surface area contributed by atoms with E-state index in [-0.39, 0.29) is 22.8 Å². The zero-order valence-corrected chi connectivity index (χ0v) is 10.00. The molecule has 2 rings (SSSR count). The van der Waals surface area contributed by atoms with Gasteiger partial charge in [0.1, 0.15) is 11.3 Å². The molecule has 0 saturated heterocycles. The number of ketones is 1. The Bertz CT molecular complexity index is 576. The van der Waals surface area contributed by atoms with Crippen LogP contribution in [0.2, 0.25) is 0 Å². The molecule has 0 amide bonds. The summed E-state index contributed by atoms with van der Waals surface area (Å²) in [5, 5.41) is 10.8. The summed E-state index contributed by atoms with van der Waals surface area (Å²) in [7, 11) is 0. The Labute approximate surface area is 108 Å². The van der Waals surface area contributed by atoms with Crippen LogP contribution in [0.15, 0.2) is 36.1 Å². The summed E-state index contributed by atoms with van der Waals surface area (Å²) in [6.45, 7) is 0. The Morgan fingerprint density at radius 1 is 1.26 bits per heavy atom. The molecule has 1 aliphatic rings. The van der Waals surface area contributed by atoms with Crippen LogP contribution in [-0.4, -0.2) is 16.7 Å². The number of para-hydroxylation sites is 1. The fourth-order valence-electron chi connectivity index (χ4n) is 1.82. The molecule has 6 heteroatoms. The fraction of sp³-hybridized carbons (Fsp3) is 0.231. The van der Waals surface area contributed by atoms with Crippen LogP contribution in [0.5, 0.6) is 0 Å². The molecule has 6 nitrogen and oxygen atoms in total. The first kappa shape index (κ1) is 12.9. The molecule has 0 aliphatic heterocycles. The lowest BCUT2D eigenvalue weighted by Gasteiger charge is -2.12. The molecular weight excluding hydrogens is 250 g/mol. The van der Waals surface area contributed by atoms with Gasteiger partial charge in [-0.05, 0) is 12.5 Å². The van der Waals surface area contributed by atoms with Crippen molar-refractivity contribution in [3.05, 3.63) is 51.8 Å². The lowest BCUT2D eigenvalue weighted by Crippen LogP contribution is -2.11. The molecule has 1 aromatic rings. The molecule has 0 bridgehead atoms. The predicted molar refractivity (Wildman–Crippen MR) is 65.5 cm³/mol. The third kappa shape index (κ3) is 3.04. The number of ether oxygens (including phenoxy) is 1. The van der Waals surface area contributed by atoms with Gasteiger partial charge in [-0.25, -0.2) is 4.79 Å². The minimum absolute atomic E-state index is 0.100. The van der Waals surface area contributed by atoms with Crippen LogP contribution in [0, 0.1) is 10.1 Å². The number of benzene rings is 1. The van der Waals surface area contributed by atoms with Crippen LogP contribution >= 0.6 is 0 Å². The van der Waals surface area contributed by atoms with E-state index in [0.717, 1.165) is 0 Å². The maximum atomic E-state index is 11.9. The number of hydrogen-bond acceptors (Lipinski definition) is 5. The molecule has 0 atom stereocenters. The van der Waals surface area contributed by atoms with Gasteiger partial charge in [-0.3, -0.25) is 14.9 Å². The summed E-state index contributed by atoms with van der Waals surface area (Å²) in [6, 6.07) is 5.55. The second kappa shape index (κ2) is 5.43. The summed E-state index contributed by atoms with van der Waals surface area (Å²) in [4.78, 5) is 33.2. The standard InChI is InChI=1S/C13H11NO5/c15-9-4-3-5-10(8-9)19-13(16)11-6-1-2-7-12(11)14(17)18/h1-2,6-8H,3-5H2. The van der Waals surface area contributed by atoms with Gasteiger partial charge in [-0.15, -0.1) is 0 Å². The average molecular weight is 261 g/mol. The molecule has 1 aromatic carbocycles. The maximum absolute atomic E-state index is 11.9. The van der Waals surface area contributed by atoms with Gasteiger partial charge in [0, 0.05) is 25.0 Å². The summed E-state index contributed by atoms with van der Waals surface area (Å²) in [5.74, 6) is -0.649. The van der Waals surface area contributed by atoms with E-state index < -0.39 is 10.9 Å². The van der Waals surface area contributed by atoms with Crippen LogP contribution in [-0.2, 0) is 9.53 Å². The molecule has 0 unspecified atom stereocenters. The molecule has 1 aliphatic carbocycles. The molecule has 0 radical (unpaired) electrons. The van der Waals surface area contributed by atoms with Gasteiger partial charge in [0.2, 0.25) is 0 Å². The second-order valence-corrected chi connectivity index (χ2v) is 4.09. The van der Waals surface area contributed by atoms with E-state index in [0.29, 0.717) is 19.3 Å². The van der Waals surface area contributed by atoms with E-state index in [1.807, 2.05) is 0 Å². The zero-order chi connectivity index (χ0) is 13.8. The third-order valence-electron chi connectivity index (χ3n) is 2.71. The number of nitrogens with zero attached hydrogens (tertiary/aromatic N) is 1. The Kier molecular flexibility index (Phi) is 3.70. The van der Waals surface area contributed by atoms with E-state index in [1.54, 1.807) is 0 Å². The Hall–Kier alpha value is -2.50. The summed E-state index contributed by atoms with van der Waals surface area (Å²) < 4.78 is 5.04. The van der Waals surface area contributed by atoms with Gasteiger partial charge in [-0.2, -0.15) is 0 Å². The number of rotatable bonds is 3. The zero-order valence-electron chi connectivity index (χ0n) is 10.00. The van der Waals surface area contributed by atoms with Crippen molar-refractivity contribution in [1.29, 1.82) is 0 Å². The van der Waals surface area contributed by atoms with Crippen LogP contribution < -0.4 is 0 Å². The highest BCUT2D eigenvalue weighted by Crippen LogP contribution is 2.22. The topological polar surface area (TPSA) is 86.5 Å². The van der Waals surface area contributed by atoms with Gasteiger partial charge in [-0.1, -0.05) is 12.1 Å². The molecule has 0 spiro atoms. The second-order valence-electron chi connectivity index (χ2n) is 4.09. The molecule has 98 valence electrons. The Balaban J connectivity index is 2.21. The fourth-order valence-corrected chi connectivity index (χ4v) is 1.82. The summed E-state index contributed by atoms with van der Waals surface area (Å²) in [6.07, 6.45) is 2.82. The molecule has 0 saturated carbocycles. The Morgan fingerprint density at radius 2 is 2.00 bits per heavy atom. The number of esters is 1. The third-order valence-corrected chi connectivity index (χ3v) is 2.71. The van der Waals surface area contributed by atoms with Crippen molar-refractivity contribution in [2.75, 3.05) is 0 Å². The molecule has 0 heterocycles. The number of nitro benzene ring substituents is 1. The van der Waals surface area contributed by atoms with Crippen molar-refractivity contribution in [2.45, 2.75) is 19.3 Å². The molecule has 0 fully saturated rings. The first-order valence-corrected chi connectivity index (χ1v) is 5.77. The van der Waals surface area contributed by atoms with E-state index in [2.05, 4.69) is 0 Å². The van der Waals surface area contributed by atoms with Crippen molar-refractivity contribution >= 4 is 17.4 Å². The highest BCUT2D eigenvalue weighted by molar-refractivity contribution is 5.96. The van der Waals surface area contributed by atoms with Crippen LogP contribution in [0.25, 0.3) is 0 Å². The monoisotopic (exact) mass is 261 g/mol. The quantitative estimate of drug-likeness (QED) is 0.473. The SMILES string of the molecule is O=C1C=C(OC(=O)c2ccccc2[N+](=O)[O-])CCC1. The van der Waals surface area contributed by atoms with Crippen molar-refractivity contribution in [2.24, 2.45) is 0 Å². The van der Waals surface area contributed by atoms with Gasteiger partial charge < -0.3 is 4.74 Å². The normalized spacial score (nSPS) is 14.7. The molecule has 0 aromatic heterocycles. The lowest BCUT2D eigenvalue weighted by atomic mass is 10.1. The first-order chi connectivity index (χ1) is 9.08.